The van der Waals surface area contributed by atoms with E-state index in [1.54, 1.807) is 0 Å². The zero-order chi connectivity index (χ0) is 8.65. The van der Waals surface area contributed by atoms with Crippen LogP contribution in [0.1, 0.15) is 33.6 Å². The molecular weight excluding hydrogens is 140 g/mol. The average Bonchev–Trinajstić information content (AvgIpc) is 1.81. The Morgan fingerprint density at radius 2 is 2.09 bits per heavy atom. The molecule has 0 amide bonds. The lowest BCUT2D eigenvalue weighted by Gasteiger charge is -2.34. The van der Waals surface area contributed by atoms with E-state index in [1.165, 1.54) is 0 Å². The van der Waals surface area contributed by atoms with Crippen LogP contribution in [-0.2, 0) is 4.79 Å². The predicted molar refractivity (Wildman–Crippen MR) is 43.2 cm³/mol. The molecule has 1 aliphatic rings. The second kappa shape index (κ2) is 2.59. The minimum absolute atomic E-state index is 0.0359. The van der Waals surface area contributed by atoms with Crippen LogP contribution < -0.4 is 0 Å². The number of aliphatic hydroxyl groups is 1. The summed E-state index contributed by atoms with van der Waals surface area (Å²) in [6, 6.07) is 0. The largest absolute Gasteiger partial charge is 0.393 e. The molecule has 0 aromatic rings. The fourth-order valence-corrected chi connectivity index (χ4v) is 1.96. The molecule has 1 N–H and O–H groups in total. The molecule has 0 radical (unpaired) electrons. The van der Waals surface area contributed by atoms with E-state index in [1.807, 2.05) is 20.8 Å². The third-order valence-corrected chi connectivity index (χ3v) is 2.49. The van der Waals surface area contributed by atoms with Crippen molar-refractivity contribution < 1.29 is 9.90 Å². The van der Waals surface area contributed by atoms with Gasteiger partial charge in [0.2, 0.25) is 0 Å². The fraction of sp³-hybridized carbons (Fsp3) is 0.889. The fourth-order valence-electron chi connectivity index (χ4n) is 1.96. The van der Waals surface area contributed by atoms with E-state index in [0.29, 0.717) is 18.6 Å². The van der Waals surface area contributed by atoms with Crippen LogP contribution in [-0.4, -0.2) is 17.0 Å². The summed E-state index contributed by atoms with van der Waals surface area (Å²) in [7, 11) is 0. The third-order valence-electron chi connectivity index (χ3n) is 2.49. The lowest BCUT2D eigenvalue weighted by Crippen LogP contribution is -2.40. The highest BCUT2D eigenvalue weighted by molar-refractivity contribution is 5.86. The number of rotatable bonds is 0. The molecule has 11 heavy (non-hydrogen) atoms. The minimum atomic E-state index is -0.308. The first-order chi connectivity index (χ1) is 4.93. The van der Waals surface area contributed by atoms with Crippen molar-refractivity contribution in [2.75, 3.05) is 0 Å². The van der Waals surface area contributed by atoms with Crippen LogP contribution in [0.3, 0.4) is 0 Å². The molecule has 0 spiro atoms. The van der Waals surface area contributed by atoms with Gasteiger partial charge in [-0.3, -0.25) is 4.79 Å². The zero-order valence-electron chi connectivity index (χ0n) is 7.42. The summed E-state index contributed by atoms with van der Waals surface area (Å²) >= 11 is 0. The SMILES string of the molecule is C[C@@H]1CC(O)CC(C)(C)C1=O. The van der Waals surface area contributed by atoms with E-state index in [9.17, 15) is 9.90 Å². The maximum Gasteiger partial charge on any atom is 0.141 e. The summed E-state index contributed by atoms with van der Waals surface area (Å²) in [4.78, 5) is 11.5. The number of hydrogen-bond donors (Lipinski definition) is 1. The molecule has 2 heteroatoms. The molecule has 2 atom stereocenters. The molecule has 0 aliphatic heterocycles. The maximum absolute atomic E-state index is 11.5. The number of carbonyl (C=O) groups is 1. The quantitative estimate of drug-likeness (QED) is 0.575. The van der Waals surface area contributed by atoms with E-state index in [2.05, 4.69) is 0 Å². The minimum Gasteiger partial charge on any atom is -0.393 e. The van der Waals surface area contributed by atoms with Gasteiger partial charge in [-0.2, -0.15) is 0 Å². The Balaban J connectivity index is 2.75. The highest BCUT2D eigenvalue weighted by atomic mass is 16.3. The van der Waals surface area contributed by atoms with Crippen LogP contribution >= 0.6 is 0 Å². The van der Waals surface area contributed by atoms with Gasteiger partial charge in [-0.15, -0.1) is 0 Å². The molecule has 0 heterocycles. The van der Waals surface area contributed by atoms with Gasteiger partial charge in [0.1, 0.15) is 5.78 Å². The van der Waals surface area contributed by atoms with Gasteiger partial charge in [0, 0.05) is 11.3 Å². The number of aliphatic hydroxyl groups excluding tert-OH is 1. The van der Waals surface area contributed by atoms with Crippen LogP contribution in [0.15, 0.2) is 0 Å². The molecule has 1 unspecified atom stereocenters. The van der Waals surface area contributed by atoms with Gasteiger partial charge in [0.05, 0.1) is 6.10 Å². The van der Waals surface area contributed by atoms with Crippen molar-refractivity contribution in [2.45, 2.75) is 39.7 Å². The Bertz CT molecular complexity index is 172. The Labute approximate surface area is 67.6 Å². The van der Waals surface area contributed by atoms with Crippen molar-refractivity contribution >= 4 is 5.78 Å². The Kier molecular flexibility index (Phi) is 2.06. The molecule has 0 bridgehead atoms. The van der Waals surface area contributed by atoms with Gasteiger partial charge in [-0.05, 0) is 12.8 Å². The summed E-state index contributed by atoms with van der Waals surface area (Å²) in [5.74, 6) is 0.330. The molecule has 64 valence electrons. The van der Waals surface area contributed by atoms with Gasteiger partial charge in [-0.25, -0.2) is 0 Å². The molecule has 1 fully saturated rings. The maximum atomic E-state index is 11.5. The molecule has 0 aromatic heterocycles. The van der Waals surface area contributed by atoms with Crippen LogP contribution in [0.25, 0.3) is 0 Å². The monoisotopic (exact) mass is 156 g/mol. The van der Waals surface area contributed by atoms with Gasteiger partial charge in [0.25, 0.3) is 0 Å². The van der Waals surface area contributed by atoms with Crippen LogP contribution in [0.4, 0.5) is 0 Å². The summed E-state index contributed by atoms with van der Waals surface area (Å²) < 4.78 is 0. The van der Waals surface area contributed by atoms with Crippen molar-refractivity contribution in [2.24, 2.45) is 11.3 Å². The van der Waals surface area contributed by atoms with Crippen LogP contribution in [0.2, 0.25) is 0 Å². The van der Waals surface area contributed by atoms with Gasteiger partial charge in [-0.1, -0.05) is 20.8 Å². The highest BCUT2D eigenvalue weighted by Gasteiger charge is 2.38. The number of hydrogen-bond acceptors (Lipinski definition) is 2. The van der Waals surface area contributed by atoms with Crippen molar-refractivity contribution in [3.05, 3.63) is 0 Å². The van der Waals surface area contributed by atoms with E-state index in [4.69, 9.17) is 0 Å². The summed E-state index contributed by atoms with van der Waals surface area (Å²) in [5.41, 5.74) is -0.308. The number of carbonyl (C=O) groups excluding carboxylic acids is 1. The standard InChI is InChI=1S/C9H16O2/c1-6-4-7(10)5-9(2,3)8(6)11/h6-7,10H,4-5H2,1-3H3/t6-,7?/m1/s1. The van der Waals surface area contributed by atoms with E-state index < -0.39 is 0 Å². The number of ketones is 1. The smallest absolute Gasteiger partial charge is 0.141 e. The second-order valence-electron chi connectivity index (χ2n) is 4.24. The normalized spacial score (nSPS) is 37.3. The van der Waals surface area contributed by atoms with E-state index >= 15 is 0 Å². The molecule has 2 nitrogen and oxygen atoms in total. The Morgan fingerprint density at radius 3 is 2.55 bits per heavy atom. The van der Waals surface area contributed by atoms with E-state index in [-0.39, 0.29) is 17.4 Å². The molecule has 0 saturated heterocycles. The third kappa shape index (κ3) is 1.62. The van der Waals surface area contributed by atoms with Crippen molar-refractivity contribution in [1.29, 1.82) is 0 Å². The van der Waals surface area contributed by atoms with Crippen LogP contribution in [0.5, 0.6) is 0 Å². The van der Waals surface area contributed by atoms with Gasteiger partial charge >= 0.3 is 0 Å². The molecule has 1 rings (SSSR count). The highest BCUT2D eigenvalue weighted by Crippen LogP contribution is 2.35. The number of Topliss-reactive ketones (excluding diaryl/α,β-unsaturated/α-hetero) is 1. The lowest BCUT2D eigenvalue weighted by atomic mass is 9.70. The Morgan fingerprint density at radius 1 is 1.55 bits per heavy atom. The Hall–Kier alpha value is -0.370. The van der Waals surface area contributed by atoms with Gasteiger partial charge in [0.15, 0.2) is 0 Å². The molecule has 1 aliphatic carbocycles. The predicted octanol–water partition coefficient (Wildman–Crippen LogP) is 1.37. The van der Waals surface area contributed by atoms with E-state index in [0.717, 1.165) is 0 Å². The second-order valence-corrected chi connectivity index (χ2v) is 4.24. The summed E-state index contributed by atoms with van der Waals surface area (Å²) in [5, 5.41) is 9.38. The summed E-state index contributed by atoms with van der Waals surface area (Å²) in [6.07, 6.45) is 0.982. The van der Waals surface area contributed by atoms with Crippen LogP contribution in [0, 0.1) is 11.3 Å². The average molecular weight is 156 g/mol. The van der Waals surface area contributed by atoms with Crippen molar-refractivity contribution in [3.8, 4) is 0 Å². The van der Waals surface area contributed by atoms with Gasteiger partial charge < -0.3 is 5.11 Å². The summed E-state index contributed by atoms with van der Waals surface area (Å²) in [6.45, 7) is 5.72. The first-order valence-corrected chi connectivity index (χ1v) is 4.16. The molecule has 0 aromatic carbocycles. The first-order valence-electron chi connectivity index (χ1n) is 4.16. The lowest BCUT2D eigenvalue weighted by molar-refractivity contribution is -0.137. The van der Waals surface area contributed by atoms with Crippen molar-refractivity contribution in [3.63, 3.8) is 0 Å². The zero-order valence-corrected chi connectivity index (χ0v) is 7.42. The molecule has 1 saturated carbocycles. The van der Waals surface area contributed by atoms with Crippen molar-refractivity contribution in [1.82, 2.24) is 0 Å². The molecular formula is C9H16O2. The first kappa shape index (κ1) is 8.72. The topological polar surface area (TPSA) is 37.3 Å².